The predicted molar refractivity (Wildman–Crippen MR) is 103 cm³/mol. The lowest BCUT2D eigenvalue weighted by atomic mass is 9.81. The van der Waals surface area contributed by atoms with Crippen molar-refractivity contribution in [3.63, 3.8) is 0 Å². The summed E-state index contributed by atoms with van der Waals surface area (Å²) in [6, 6.07) is 6.89. The molecule has 4 aromatic rings. The van der Waals surface area contributed by atoms with Crippen LogP contribution in [0.1, 0.15) is 37.9 Å². The minimum absolute atomic E-state index is 0.170. The van der Waals surface area contributed by atoms with Crippen LogP contribution in [0, 0.1) is 0 Å². The van der Waals surface area contributed by atoms with Gasteiger partial charge in [0.25, 0.3) is 11.1 Å². The number of hydrogen-bond acceptors (Lipinski definition) is 6. The smallest absolute Gasteiger partial charge is 0.268 e. The van der Waals surface area contributed by atoms with Gasteiger partial charge in [0.05, 0.1) is 10.8 Å². The monoisotopic (exact) mass is 372 g/mol. The highest BCUT2D eigenvalue weighted by molar-refractivity contribution is 5.76. The molecule has 1 aliphatic carbocycles. The van der Waals surface area contributed by atoms with Crippen LogP contribution < -0.4 is 11.1 Å². The largest absolute Gasteiger partial charge is 0.270 e. The molecule has 8 nitrogen and oxygen atoms in total. The number of hydrogen-bond donors (Lipinski definition) is 0. The summed E-state index contributed by atoms with van der Waals surface area (Å²) in [6.45, 7) is 0. The molecular formula is C20H16N6O2. The third kappa shape index (κ3) is 1.79. The average molecular weight is 372 g/mol. The van der Waals surface area contributed by atoms with Crippen molar-refractivity contribution in [1.29, 1.82) is 0 Å². The lowest BCUT2D eigenvalue weighted by molar-refractivity contribution is 0.244. The maximum Gasteiger partial charge on any atom is 0.270 e. The van der Waals surface area contributed by atoms with Crippen molar-refractivity contribution in [3.05, 3.63) is 63.2 Å². The SMILES string of the molecule is O=c1c2cccnc2nc2n1-c1nc3ncccc3c(=O)n1C21CCCCC1. The summed E-state index contributed by atoms with van der Waals surface area (Å²) in [5.74, 6) is 0.889. The second-order valence-electron chi connectivity index (χ2n) is 7.47. The van der Waals surface area contributed by atoms with Crippen LogP contribution in [0.25, 0.3) is 28.0 Å². The lowest BCUT2D eigenvalue weighted by Gasteiger charge is -2.34. The van der Waals surface area contributed by atoms with Gasteiger partial charge >= 0.3 is 0 Å². The van der Waals surface area contributed by atoms with Crippen molar-refractivity contribution in [2.45, 2.75) is 37.6 Å². The minimum Gasteiger partial charge on any atom is -0.268 e. The lowest BCUT2D eigenvalue weighted by Crippen LogP contribution is -2.42. The van der Waals surface area contributed by atoms with Crippen LogP contribution in [0.3, 0.4) is 0 Å². The Bertz CT molecular complexity index is 1400. The van der Waals surface area contributed by atoms with E-state index in [-0.39, 0.29) is 11.1 Å². The molecule has 1 spiro atoms. The molecule has 0 saturated heterocycles. The van der Waals surface area contributed by atoms with Crippen molar-refractivity contribution in [3.8, 4) is 5.95 Å². The summed E-state index contributed by atoms with van der Waals surface area (Å²) in [5.41, 5.74) is -0.321. The van der Waals surface area contributed by atoms with E-state index in [4.69, 9.17) is 4.98 Å². The van der Waals surface area contributed by atoms with Crippen LogP contribution >= 0.6 is 0 Å². The minimum atomic E-state index is -0.660. The molecule has 6 rings (SSSR count). The molecule has 8 heteroatoms. The van der Waals surface area contributed by atoms with Crippen LogP contribution in [0.15, 0.2) is 46.2 Å². The van der Waals surface area contributed by atoms with Gasteiger partial charge in [-0.05, 0) is 37.1 Å². The van der Waals surface area contributed by atoms with Gasteiger partial charge in [0.2, 0.25) is 5.95 Å². The fourth-order valence-corrected chi connectivity index (χ4v) is 4.75. The molecule has 1 fully saturated rings. The van der Waals surface area contributed by atoms with Gasteiger partial charge in [0.15, 0.2) is 11.3 Å². The summed E-state index contributed by atoms with van der Waals surface area (Å²) in [5, 5.41) is 0.876. The Morgan fingerprint density at radius 3 is 2.18 bits per heavy atom. The van der Waals surface area contributed by atoms with Gasteiger partial charge in [-0.2, -0.15) is 4.98 Å². The molecule has 1 saturated carbocycles. The molecule has 0 N–H and O–H groups in total. The van der Waals surface area contributed by atoms with Crippen molar-refractivity contribution in [2.75, 3.05) is 0 Å². The van der Waals surface area contributed by atoms with Crippen LogP contribution in [0.5, 0.6) is 0 Å². The van der Waals surface area contributed by atoms with E-state index in [1.165, 1.54) is 4.57 Å². The second-order valence-corrected chi connectivity index (χ2v) is 7.47. The van der Waals surface area contributed by atoms with E-state index in [0.717, 1.165) is 32.1 Å². The van der Waals surface area contributed by atoms with Crippen LogP contribution in [0.2, 0.25) is 0 Å². The van der Waals surface area contributed by atoms with E-state index in [1.807, 2.05) is 0 Å². The molecule has 0 aromatic carbocycles. The quantitative estimate of drug-likeness (QED) is 0.468. The molecule has 0 atom stereocenters. The number of fused-ring (bicyclic) bond motifs is 7. The second kappa shape index (κ2) is 5.31. The molecule has 1 aliphatic heterocycles. The van der Waals surface area contributed by atoms with Gasteiger partial charge in [0.1, 0.15) is 11.4 Å². The van der Waals surface area contributed by atoms with Gasteiger partial charge < -0.3 is 0 Å². The Kier molecular flexibility index (Phi) is 2.96. The van der Waals surface area contributed by atoms with Crippen molar-refractivity contribution in [1.82, 2.24) is 29.1 Å². The van der Waals surface area contributed by atoms with E-state index >= 15 is 0 Å². The number of rotatable bonds is 0. The van der Waals surface area contributed by atoms with Gasteiger partial charge in [-0.1, -0.05) is 19.3 Å². The predicted octanol–water partition coefficient (Wildman–Crippen LogP) is 1.91. The summed E-state index contributed by atoms with van der Waals surface area (Å²) in [7, 11) is 0. The van der Waals surface area contributed by atoms with E-state index in [1.54, 1.807) is 41.2 Å². The molecule has 0 amide bonds. The van der Waals surface area contributed by atoms with Crippen LogP contribution in [-0.4, -0.2) is 29.1 Å². The number of pyridine rings is 2. The zero-order chi connectivity index (χ0) is 18.9. The molecule has 28 heavy (non-hydrogen) atoms. The number of aromatic nitrogens is 6. The van der Waals surface area contributed by atoms with Crippen molar-refractivity contribution >= 4 is 22.1 Å². The fraction of sp³-hybridized carbons (Fsp3) is 0.300. The van der Waals surface area contributed by atoms with Crippen molar-refractivity contribution < 1.29 is 0 Å². The molecular weight excluding hydrogens is 356 g/mol. The van der Waals surface area contributed by atoms with Crippen LogP contribution in [-0.2, 0) is 5.54 Å². The zero-order valence-electron chi connectivity index (χ0n) is 15.0. The molecule has 0 radical (unpaired) electrons. The van der Waals surface area contributed by atoms with Gasteiger partial charge in [0, 0.05) is 12.4 Å². The first-order chi connectivity index (χ1) is 13.7. The molecule has 4 aromatic heterocycles. The third-order valence-corrected chi connectivity index (χ3v) is 5.99. The summed E-state index contributed by atoms with van der Waals surface area (Å²) in [4.78, 5) is 44.8. The van der Waals surface area contributed by atoms with E-state index in [0.29, 0.717) is 33.8 Å². The standard InChI is InChI=1S/C20H16N6O2/c27-16-12-6-4-10-21-14(12)23-18-20(8-2-1-3-9-20)26-17(28)13-7-5-11-22-15(13)24-19(26)25(16)18/h4-7,10-11H,1-3,8-9H2. The Morgan fingerprint density at radius 2 is 1.46 bits per heavy atom. The van der Waals surface area contributed by atoms with Crippen LogP contribution in [0.4, 0.5) is 0 Å². The highest BCUT2D eigenvalue weighted by atomic mass is 16.1. The number of nitrogens with zero attached hydrogens (tertiary/aromatic N) is 6. The highest BCUT2D eigenvalue weighted by Gasteiger charge is 2.48. The fourth-order valence-electron chi connectivity index (χ4n) is 4.75. The van der Waals surface area contributed by atoms with E-state index in [9.17, 15) is 9.59 Å². The first-order valence-corrected chi connectivity index (χ1v) is 9.48. The molecule has 138 valence electrons. The Hall–Kier alpha value is -3.42. The maximum absolute atomic E-state index is 13.5. The highest BCUT2D eigenvalue weighted by Crippen LogP contribution is 2.44. The molecule has 0 bridgehead atoms. The first-order valence-electron chi connectivity index (χ1n) is 9.48. The van der Waals surface area contributed by atoms with Gasteiger partial charge in [-0.15, -0.1) is 0 Å². The maximum atomic E-state index is 13.5. The topological polar surface area (TPSA) is 95.6 Å². The zero-order valence-corrected chi connectivity index (χ0v) is 15.0. The molecule has 2 aliphatic rings. The summed E-state index contributed by atoms with van der Waals surface area (Å²) < 4.78 is 3.20. The van der Waals surface area contributed by atoms with Gasteiger partial charge in [-0.25, -0.2) is 19.5 Å². The Balaban J connectivity index is 1.84. The Labute approximate surface area is 158 Å². The van der Waals surface area contributed by atoms with Crippen molar-refractivity contribution in [2.24, 2.45) is 0 Å². The first kappa shape index (κ1) is 15.6. The normalized spacial score (nSPS) is 17.1. The Morgan fingerprint density at radius 1 is 0.821 bits per heavy atom. The molecule has 0 unspecified atom stereocenters. The molecule has 5 heterocycles. The summed E-state index contributed by atoms with van der Waals surface area (Å²) in [6.07, 6.45) is 7.76. The van der Waals surface area contributed by atoms with E-state index in [2.05, 4.69) is 15.0 Å². The summed E-state index contributed by atoms with van der Waals surface area (Å²) >= 11 is 0. The van der Waals surface area contributed by atoms with Gasteiger partial charge in [-0.3, -0.25) is 14.2 Å². The third-order valence-electron chi connectivity index (χ3n) is 5.99. The van der Waals surface area contributed by atoms with E-state index < -0.39 is 5.54 Å². The average Bonchev–Trinajstić information content (AvgIpc) is 2.99.